The Bertz CT molecular complexity index is 778. The van der Waals surface area contributed by atoms with Crippen molar-refractivity contribution in [2.24, 2.45) is 0 Å². The third-order valence-corrected chi connectivity index (χ3v) is 4.32. The molecule has 136 valence electrons. The lowest BCUT2D eigenvalue weighted by Gasteiger charge is -2.16. The maximum absolute atomic E-state index is 13.6. The molecule has 0 radical (unpaired) electrons. The summed E-state index contributed by atoms with van der Waals surface area (Å²) in [5.41, 5.74) is 2.67. The lowest BCUT2D eigenvalue weighted by Crippen LogP contribution is -2.33. The molecular formula is C17H21ClF2N4O. The summed E-state index contributed by atoms with van der Waals surface area (Å²) in [6, 6.07) is 3.66. The van der Waals surface area contributed by atoms with Crippen LogP contribution in [0, 0.1) is 11.6 Å². The van der Waals surface area contributed by atoms with E-state index < -0.39 is 11.6 Å². The molecule has 2 aromatic rings. The Morgan fingerprint density at radius 2 is 2.08 bits per heavy atom. The number of carbonyl (C=O) groups is 1. The summed E-state index contributed by atoms with van der Waals surface area (Å²) < 4.78 is 28.3. The number of likely N-dealkylation sites (N-methyl/N-ethyl adjacent to an activating group) is 2. The summed E-state index contributed by atoms with van der Waals surface area (Å²) in [7, 11) is 3.56. The summed E-state index contributed by atoms with van der Waals surface area (Å²) in [6.45, 7) is 1.26. The van der Waals surface area contributed by atoms with Crippen LogP contribution in [0.5, 0.6) is 0 Å². The zero-order valence-electron chi connectivity index (χ0n) is 14.2. The second kappa shape index (κ2) is 7.93. The van der Waals surface area contributed by atoms with Gasteiger partial charge in [-0.25, -0.2) is 13.5 Å². The Balaban J connectivity index is 0.00000225. The highest BCUT2D eigenvalue weighted by molar-refractivity contribution is 5.94. The molecule has 1 amide bonds. The number of aromatic nitrogens is 2. The van der Waals surface area contributed by atoms with Crippen LogP contribution in [0.3, 0.4) is 0 Å². The molecule has 0 bridgehead atoms. The lowest BCUT2D eigenvalue weighted by molar-refractivity contribution is 0.0789. The Morgan fingerprint density at radius 1 is 1.32 bits per heavy atom. The van der Waals surface area contributed by atoms with Gasteiger partial charge in [-0.3, -0.25) is 4.79 Å². The van der Waals surface area contributed by atoms with Crippen LogP contribution in [0.2, 0.25) is 0 Å². The van der Waals surface area contributed by atoms with Gasteiger partial charge in [0.25, 0.3) is 5.91 Å². The molecule has 0 fully saturated rings. The molecule has 0 unspecified atom stereocenters. The molecule has 1 aromatic heterocycles. The van der Waals surface area contributed by atoms with E-state index in [2.05, 4.69) is 10.4 Å². The molecule has 25 heavy (non-hydrogen) atoms. The Labute approximate surface area is 151 Å². The Kier molecular flexibility index (Phi) is 6.13. The van der Waals surface area contributed by atoms with Gasteiger partial charge >= 0.3 is 0 Å². The lowest BCUT2D eigenvalue weighted by atomic mass is 10.2. The number of halogens is 3. The first-order valence-electron chi connectivity index (χ1n) is 7.99. The fourth-order valence-corrected chi connectivity index (χ4v) is 3.00. The normalized spacial score (nSPS) is 12.6. The van der Waals surface area contributed by atoms with Crippen molar-refractivity contribution in [2.75, 3.05) is 27.2 Å². The number of hydrogen-bond donors (Lipinski definition) is 1. The summed E-state index contributed by atoms with van der Waals surface area (Å²) in [6.07, 6.45) is 2.48. The second-order valence-electron chi connectivity index (χ2n) is 5.97. The number of rotatable bonds is 5. The van der Waals surface area contributed by atoms with Crippen molar-refractivity contribution >= 4 is 18.3 Å². The van der Waals surface area contributed by atoms with Crippen molar-refractivity contribution in [2.45, 2.75) is 19.3 Å². The largest absolute Gasteiger partial charge is 0.339 e. The second-order valence-corrected chi connectivity index (χ2v) is 5.97. The molecule has 0 saturated carbocycles. The number of nitrogens with zero attached hydrogens (tertiary/aromatic N) is 3. The minimum atomic E-state index is -0.922. The first kappa shape index (κ1) is 19.3. The van der Waals surface area contributed by atoms with Crippen LogP contribution in [0.15, 0.2) is 18.2 Å². The molecule has 1 aliphatic rings. The van der Waals surface area contributed by atoms with Crippen LogP contribution in [-0.4, -0.2) is 47.8 Å². The third-order valence-electron chi connectivity index (χ3n) is 4.32. The van der Waals surface area contributed by atoms with Gasteiger partial charge in [-0.2, -0.15) is 5.10 Å². The fourth-order valence-electron chi connectivity index (χ4n) is 3.00. The number of amides is 1. The molecule has 0 spiro atoms. The quantitative estimate of drug-likeness (QED) is 0.879. The smallest absolute Gasteiger partial charge is 0.274 e. The van der Waals surface area contributed by atoms with Crippen LogP contribution in [0.4, 0.5) is 8.78 Å². The highest BCUT2D eigenvalue weighted by atomic mass is 35.5. The van der Waals surface area contributed by atoms with E-state index in [1.54, 1.807) is 16.6 Å². The molecule has 0 atom stereocenters. The van der Waals surface area contributed by atoms with Crippen LogP contribution >= 0.6 is 12.4 Å². The molecule has 0 saturated heterocycles. The monoisotopic (exact) mass is 370 g/mol. The predicted molar refractivity (Wildman–Crippen MR) is 93.6 cm³/mol. The summed E-state index contributed by atoms with van der Waals surface area (Å²) in [4.78, 5) is 14.3. The molecule has 1 heterocycles. The van der Waals surface area contributed by atoms with Crippen LogP contribution in [-0.2, 0) is 12.8 Å². The Hall–Kier alpha value is -1.99. The molecule has 5 nitrogen and oxygen atoms in total. The van der Waals surface area contributed by atoms with Crippen molar-refractivity contribution < 1.29 is 13.6 Å². The van der Waals surface area contributed by atoms with E-state index in [1.807, 2.05) is 7.05 Å². The zero-order valence-corrected chi connectivity index (χ0v) is 15.0. The summed E-state index contributed by atoms with van der Waals surface area (Å²) in [5.74, 6) is -1.97. The van der Waals surface area contributed by atoms with Gasteiger partial charge in [0.1, 0.15) is 0 Å². The molecule has 1 aliphatic carbocycles. The van der Waals surface area contributed by atoms with Crippen LogP contribution < -0.4 is 5.32 Å². The van der Waals surface area contributed by atoms with Crippen molar-refractivity contribution in [3.05, 3.63) is 46.8 Å². The molecular weight excluding hydrogens is 350 g/mol. The van der Waals surface area contributed by atoms with Gasteiger partial charge in [0.15, 0.2) is 17.3 Å². The van der Waals surface area contributed by atoms with Gasteiger partial charge in [-0.15, -0.1) is 12.4 Å². The van der Waals surface area contributed by atoms with Crippen LogP contribution in [0.25, 0.3) is 5.69 Å². The number of benzene rings is 1. The van der Waals surface area contributed by atoms with Gasteiger partial charge in [-0.1, -0.05) is 0 Å². The van der Waals surface area contributed by atoms with Gasteiger partial charge in [0.05, 0.1) is 5.69 Å². The SMILES string of the molecule is CNCCN(C)C(=O)c1nn(-c2ccc(F)c(F)c2)c2c1CCC2.Cl. The minimum absolute atomic E-state index is 0. The first-order valence-corrected chi connectivity index (χ1v) is 7.99. The van der Waals surface area contributed by atoms with Crippen molar-refractivity contribution in [3.8, 4) is 5.69 Å². The van der Waals surface area contributed by atoms with E-state index in [0.717, 1.165) is 42.7 Å². The number of fused-ring (bicyclic) bond motifs is 1. The van der Waals surface area contributed by atoms with E-state index in [4.69, 9.17) is 0 Å². The average molecular weight is 371 g/mol. The maximum Gasteiger partial charge on any atom is 0.274 e. The maximum atomic E-state index is 13.6. The van der Waals surface area contributed by atoms with Crippen molar-refractivity contribution in [1.29, 1.82) is 0 Å². The topological polar surface area (TPSA) is 50.2 Å². The number of nitrogens with one attached hydrogen (secondary N) is 1. The van der Waals surface area contributed by atoms with Crippen LogP contribution in [0.1, 0.15) is 28.2 Å². The van der Waals surface area contributed by atoms with E-state index in [1.165, 1.54) is 6.07 Å². The zero-order chi connectivity index (χ0) is 17.3. The first-order chi connectivity index (χ1) is 11.5. The predicted octanol–water partition coefficient (Wildman–Crippen LogP) is 2.35. The van der Waals surface area contributed by atoms with E-state index >= 15 is 0 Å². The van der Waals surface area contributed by atoms with E-state index in [9.17, 15) is 13.6 Å². The number of carbonyl (C=O) groups excluding carboxylic acids is 1. The summed E-state index contributed by atoms with van der Waals surface area (Å²) in [5, 5.41) is 7.42. The van der Waals surface area contributed by atoms with Crippen molar-refractivity contribution in [1.82, 2.24) is 20.0 Å². The highest BCUT2D eigenvalue weighted by Crippen LogP contribution is 2.28. The Morgan fingerprint density at radius 3 is 2.76 bits per heavy atom. The molecule has 0 aliphatic heterocycles. The van der Waals surface area contributed by atoms with Gasteiger partial charge in [0, 0.05) is 37.5 Å². The highest BCUT2D eigenvalue weighted by Gasteiger charge is 2.28. The van der Waals surface area contributed by atoms with Crippen molar-refractivity contribution in [3.63, 3.8) is 0 Å². The minimum Gasteiger partial charge on any atom is -0.339 e. The molecule has 8 heteroatoms. The van der Waals surface area contributed by atoms with Gasteiger partial charge in [0.2, 0.25) is 0 Å². The van der Waals surface area contributed by atoms with E-state index in [0.29, 0.717) is 24.5 Å². The third kappa shape index (κ3) is 3.67. The molecule has 3 rings (SSSR count). The van der Waals surface area contributed by atoms with Gasteiger partial charge < -0.3 is 10.2 Å². The van der Waals surface area contributed by atoms with Gasteiger partial charge in [-0.05, 0) is 38.4 Å². The fraction of sp³-hybridized carbons (Fsp3) is 0.412. The summed E-state index contributed by atoms with van der Waals surface area (Å²) >= 11 is 0. The molecule has 1 aromatic carbocycles. The standard InChI is InChI=1S/C17H20F2N4O.ClH/c1-20-8-9-22(2)17(24)16-12-4-3-5-15(12)23(21-16)11-6-7-13(18)14(19)10-11;/h6-7,10,20H,3-5,8-9H2,1-2H3;1H. The van der Waals surface area contributed by atoms with E-state index in [-0.39, 0.29) is 18.3 Å². The average Bonchev–Trinajstić information content (AvgIpc) is 3.17. The number of hydrogen-bond acceptors (Lipinski definition) is 3. The molecule has 1 N–H and O–H groups in total.